The van der Waals surface area contributed by atoms with Crippen LogP contribution in [-0.2, 0) is 14.9 Å². The van der Waals surface area contributed by atoms with E-state index in [1.165, 1.54) is 37.6 Å². The van der Waals surface area contributed by atoms with Gasteiger partial charge in [0.15, 0.2) is 11.5 Å². The molecule has 2 aromatic carbocycles. The van der Waals surface area contributed by atoms with Crippen molar-refractivity contribution in [3.8, 4) is 11.5 Å². The van der Waals surface area contributed by atoms with Gasteiger partial charge in [-0.2, -0.15) is 13.5 Å². The first-order chi connectivity index (χ1) is 12.9. The quantitative estimate of drug-likeness (QED) is 0.441. The molecular formula is C18H20N2O6S. The molecule has 0 saturated carbocycles. The van der Waals surface area contributed by atoms with Crippen molar-refractivity contribution in [2.24, 2.45) is 5.10 Å². The molecule has 9 heteroatoms. The number of amides is 1. The Morgan fingerprint density at radius 3 is 2.48 bits per heavy atom. The minimum atomic E-state index is -4.00. The number of carbonyl (C=O) groups is 1. The maximum absolute atomic E-state index is 12.4. The molecule has 0 spiro atoms. The van der Waals surface area contributed by atoms with Crippen molar-refractivity contribution in [1.82, 2.24) is 5.43 Å². The molecule has 2 aromatic rings. The summed E-state index contributed by atoms with van der Waals surface area (Å²) in [5.74, 6) is 0.236. The molecule has 0 fully saturated rings. The van der Waals surface area contributed by atoms with Gasteiger partial charge in [-0.1, -0.05) is 17.7 Å². The van der Waals surface area contributed by atoms with E-state index < -0.39 is 16.2 Å². The summed E-state index contributed by atoms with van der Waals surface area (Å²) in [4.78, 5) is 11.2. The van der Waals surface area contributed by atoms with Crippen LogP contribution in [-0.4, -0.2) is 34.4 Å². The van der Waals surface area contributed by atoms with Gasteiger partial charge < -0.3 is 13.7 Å². The van der Waals surface area contributed by atoms with Crippen LogP contribution in [0.5, 0.6) is 11.5 Å². The summed E-state index contributed by atoms with van der Waals surface area (Å²) in [6.45, 7) is 3.77. The van der Waals surface area contributed by atoms with Crippen LogP contribution in [0.3, 0.4) is 0 Å². The van der Waals surface area contributed by atoms with Crippen LogP contribution in [0.2, 0.25) is 0 Å². The van der Waals surface area contributed by atoms with Crippen molar-refractivity contribution in [3.05, 3.63) is 53.6 Å². The van der Waals surface area contributed by atoms with E-state index >= 15 is 0 Å². The molecule has 27 heavy (non-hydrogen) atoms. The molecule has 0 aliphatic rings. The van der Waals surface area contributed by atoms with Crippen LogP contribution in [0, 0.1) is 6.92 Å². The predicted molar refractivity (Wildman–Crippen MR) is 99.7 cm³/mol. The molecule has 0 heterocycles. The molecule has 2 rings (SSSR count). The van der Waals surface area contributed by atoms with E-state index in [-0.39, 0.29) is 23.0 Å². The lowest BCUT2D eigenvalue weighted by Crippen LogP contribution is -2.18. The number of carbonyl (C=O) groups excluding carboxylic acids is 1. The van der Waals surface area contributed by atoms with E-state index in [9.17, 15) is 13.2 Å². The Morgan fingerprint density at radius 2 is 1.85 bits per heavy atom. The number of hydrogen-bond acceptors (Lipinski definition) is 7. The Balaban J connectivity index is 2.17. The van der Waals surface area contributed by atoms with E-state index in [2.05, 4.69) is 15.3 Å². The Labute approximate surface area is 157 Å². The lowest BCUT2D eigenvalue weighted by molar-refractivity contribution is 0.152. The standard InChI is InChI=1S/C18H20N2O6S/c1-4-25-18(21)20-19-12-14-7-10-16(17(11-14)24-3)26-27(22,23)15-8-5-13(2)6-9-15/h5-12H,4H2,1-3H3,(H,20,21). The maximum Gasteiger partial charge on any atom is 0.427 e. The first-order valence-corrected chi connectivity index (χ1v) is 9.41. The lowest BCUT2D eigenvalue weighted by Gasteiger charge is -2.11. The van der Waals surface area contributed by atoms with Crippen LogP contribution in [0.25, 0.3) is 0 Å². The normalized spacial score (nSPS) is 11.2. The molecule has 0 aliphatic heterocycles. The van der Waals surface area contributed by atoms with Crippen molar-refractivity contribution < 1.29 is 26.9 Å². The lowest BCUT2D eigenvalue weighted by atomic mass is 10.2. The molecular weight excluding hydrogens is 372 g/mol. The summed E-state index contributed by atoms with van der Waals surface area (Å²) in [5, 5.41) is 3.73. The topological polar surface area (TPSA) is 103 Å². The molecule has 144 valence electrons. The van der Waals surface area contributed by atoms with Gasteiger partial charge in [-0.25, -0.2) is 10.2 Å². The van der Waals surface area contributed by atoms with E-state index in [0.29, 0.717) is 5.56 Å². The average molecular weight is 392 g/mol. The number of ether oxygens (including phenoxy) is 2. The highest BCUT2D eigenvalue weighted by Gasteiger charge is 2.19. The number of nitrogens with zero attached hydrogens (tertiary/aromatic N) is 1. The molecule has 0 atom stereocenters. The number of hydrogen-bond donors (Lipinski definition) is 1. The van der Waals surface area contributed by atoms with Gasteiger partial charge in [0.2, 0.25) is 0 Å². The number of hydrazone groups is 1. The number of benzene rings is 2. The highest BCUT2D eigenvalue weighted by Crippen LogP contribution is 2.30. The van der Waals surface area contributed by atoms with Gasteiger partial charge in [-0.3, -0.25) is 0 Å². The highest BCUT2D eigenvalue weighted by atomic mass is 32.2. The average Bonchev–Trinajstić information content (AvgIpc) is 2.63. The molecule has 0 radical (unpaired) electrons. The van der Waals surface area contributed by atoms with E-state index in [4.69, 9.17) is 8.92 Å². The van der Waals surface area contributed by atoms with E-state index in [1.807, 2.05) is 6.92 Å². The van der Waals surface area contributed by atoms with Crippen molar-refractivity contribution in [2.75, 3.05) is 13.7 Å². The van der Waals surface area contributed by atoms with Gasteiger partial charge in [0.05, 0.1) is 19.9 Å². The predicted octanol–water partition coefficient (Wildman–Crippen LogP) is 2.85. The zero-order chi connectivity index (χ0) is 19.9. The monoisotopic (exact) mass is 392 g/mol. The third-order valence-electron chi connectivity index (χ3n) is 3.34. The third kappa shape index (κ3) is 5.71. The summed E-state index contributed by atoms with van der Waals surface area (Å²) in [6.07, 6.45) is 0.683. The first-order valence-electron chi connectivity index (χ1n) is 8.00. The number of rotatable bonds is 7. The molecule has 1 amide bonds. The molecule has 8 nitrogen and oxygen atoms in total. The fraction of sp³-hybridized carbons (Fsp3) is 0.222. The zero-order valence-corrected chi connectivity index (χ0v) is 15.9. The summed E-state index contributed by atoms with van der Waals surface area (Å²) in [7, 11) is -2.61. The minimum Gasteiger partial charge on any atom is -0.493 e. The summed E-state index contributed by atoms with van der Waals surface area (Å²) >= 11 is 0. The third-order valence-corrected chi connectivity index (χ3v) is 4.59. The molecule has 1 N–H and O–H groups in total. The SMILES string of the molecule is CCOC(=O)NN=Cc1ccc(OS(=O)(=O)c2ccc(C)cc2)c(OC)c1. The summed E-state index contributed by atoms with van der Waals surface area (Å²) in [5.41, 5.74) is 3.68. The largest absolute Gasteiger partial charge is 0.493 e. The van der Waals surface area contributed by atoms with Gasteiger partial charge in [0.1, 0.15) is 4.90 Å². The van der Waals surface area contributed by atoms with Gasteiger partial charge in [-0.15, -0.1) is 0 Å². The molecule has 0 unspecified atom stereocenters. The molecule has 0 aliphatic carbocycles. The van der Waals surface area contributed by atoms with Crippen LogP contribution in [0.15, 0.2) is 52.5 Å². The van der Waals surface area contributed by atoms with Crippen molar-refractivity contribution in [2.45, 2.75) is 18.7 Å². The fourth-order valence-corrected chi connectivity index (χ4v) is 2.97. The fourth-order valence-electron chi connectivity index (χ4n) is 2.03. The smallest absolute Gasteiger partial charge is 0.427 e. The number of nitrogens with one attached hydrogen (secondary N) is 1. The van der Waals surface area contributed by atoms with Crippen LogP contribution in [0.4, 0.5) is 4.79 Å². The molecule has 0 bridgehead atoms. The van der Waals surface area contributed by atoms with E-state index in [1.54, 1.807) is 25.1 Å². The van der Waals surface area contributed by atoms with Crippen molar-refractivity contribution in [1.29, 1.82) is 0 Å². The van der Waals surface area contributed by atoms with Gasteiger partial charge >= 0.3 is 16.2 Å². The molecule has 0 saturated heterocycles. The van der Waals surface area contributed by atoms with Crippen LogP contribution < -0.4 is 14.3 Å². The zero-order valence-electron chi connectivity index (χ0n) is 15.1. The van der Waals surface area contributed by atoms with Gasteiger partial charge in [0, 0.05) is 0 Å². The second kappa shape index (κ2) is 9.04. The second-order valence-electron chi connectivity index (χ2n) is 5.35. The Hall–Kier alpha value is -3.07. The Bertz CT molecular complexity index is 923. The highest BCUT2D eigenvalue weighted by molar-refractivity contribution is 7.87. The Morgan fingerprint density at radius 1 is 1.15 bits per heavy atom. The second-order valence-corrected chi connectivity index (χ2v) is 6.90. The summed E-state index contributed by atoms with van der Waals surface area (Å²) in [6, 6.07) is 10.8. The van der Waals surface area contributed by atoms with E-state index in [0.717, 1.165) is 5.56 Å². The first kappa shape index (κ1) is 20.2. The van der Waals surface area contributed by atoms with Crippen LogP contribution in [0.1, 0.15) is 18.1 Å². The number of aryl methyl sites for hydroxylation is 1. The van der Waals surface area contributed by atoms with Gasteiger partial charge in [0.25, 0.3) is 0 Å². The Kier molecular flexibility index (Phi) is 6.78. The number of methoxy groups -OCH3 is 1. The maximum atomic E-state index is 12.4. The van der Waals surface area contributed by atoms with Crippen molar-refractivity contribution >= 4 is 22.4 Å². The minimum absolute atomic E-state index is 0.0357. The van der Waals surface area contributed by atoms with Crippen LogP contribution >= 0.6 is 0 Å². The molecule has 0 aromatic heterocycles. The van der Waals surface area contributed by atoms with Crippen molar-refractivity contribution in [3.63, 3.8) is 0 Å². The summed E-state index contributed by atoms with van der Waals surface area (Å²) < 4.78 is 39.9. The van der Waals surface area contributed by atoms with Gasteiger partial charge in [-0.05, 0) is 49.7 Å².